The number of halogens is 1. The number of oxime groups is 1. The lowest BCUT2D eigenvalue weighted by molar-refractivity contribution is -0.135. The molecular weight excluding hydrogens is 505 g/mol. The van der Waals surface area contributed by atoms with Crippen LogP contribution in [0, 0.1) is 17.7 Å². The molecule has 3 N–H and O–H groups in total. The fourth-order valence-electron chi connectivity index (χ4n) is 5.36. The largest absolute Gasteiger partial charge is 0.494 e. The highest BCUT2D eigenvalue weighted by molar-refractivity contribution is 6.58. The molecule has 10 nitrogen and oxygen atoms in total. The first-order chi connectivity index (χ1) is 18.6. The van der Waals surface area contributed by atoms with Crippen LogP contribution in [0.4, 0.5) is 14.9 Å². The molecule has 2 aliphatic heterocycles. The number of hydrogen-bond acceptors (Lipinski definition) is 7. The van der Waals surface area contributed by atoms with E-state index < -0.39 is 17.5 Å². The highest BCUT2D eigenvalue weighted by atomic mass is 19.1. The first-order valence-corrected chi connectivity index (χ1v) is 12.8. The fourth-order valence-corrected chi connectivity index (χ4v) is 5.36. The van der Waals surface area contributed by atoms with Crippen molar-refractivity contribution in [2.24, 2.45) is 22.0 Å². The van der Waals surface area contributed by atoms with E-state index in [4.69, 9.17) is 9.57 Å². The van der Waals surface area contributed by atoms with Crippen LogP contribution in [0.15, 0.2) is 52.6 Å². The zero-order chi connectivity index (χ0) is 27.5. The van der Waals surface area contributed by atoms with Crippen LogP contribution in [0.3, 0.4) is 0 Å². The maximum Gasteiger partial charge on any atom is 0.407 e. The smallest absolute Gasteiger partial charge is 0.407 e. The number of piperidine rings is 1. The Labute approximate surface area is 223 Å². The van der Waals surface area contributed by atoms with Crippen molar-refractivity contribution in [2.45, 2.75) is 32.4 Å². The summed E-state index contributed by atoms with van der Waals surface area (Å²) in [5, 5.41) is 18.2. The number of para-hydroxylation sites is 1. The van der Waals surface area contributed by atoms with Gasteiger partial charge in [-0.2, -0.15) is 0 Å². The number of aliphatic imine (C=N–C) groups is 1. The Bertz CT molecular complexity index is 1540. The van der Waals surface area contributed by atoms with E-state index in [0.29, 0.717) is 52.2 Å². The predicted octanol–water partition coefficient (Wildman–Crippen LogP) is 3.85. The van der Waals surface area contributed by atoms with Gasteiger partial charge in [-0.05, 0) is 45.0 Å². The number of hydrogen-bond donors (Lipinski definition) is 3. The summed E-state index contributed by atoms with van der Waals surface area (Å²) in [4.78, 5) is 39.5. The molecule has 1 aromatic heterocycles. The molecule has 39 heavy (non-hydrogen) atoms. The molecule has 3 aromatic rings. The molecule has 1 unspecified atom stereocenters. The zero-order valence-corrected chi connectivity index (χ0v) is 21.7. The van der Waals surface area contributed by atoms with E-state index in [1.54, 1.807) is 11.0 Å². The first kappa shape index (κ1) is 24.9. The van der Waals surface area contributed by atoms with E-state index in [1.807, 2.05) is 39.0 Å². The summed E-state index contributed by atoms with van der Waals surface area (Å²) in [5.41, 5.74) is 2.23. The summed E-state index contributed by atoms with van der Waals surface area (Å²) in [6.45, 7) is 6.20. The number of aromatic nitrogens is 1. The number of nitrogens with one attached hydrogen (secondary N) is 2. The van der Waals surface area contributed by atoms with Crippen molar-refractivity contribution in [3.05, 3.63) is 59.4 Å². The number of carbonyl (C=O) groups excluding carboxylic acids is 2. The number of carbonyl (C=O) groups is 2. The maximum absolute atomic E-state index is 14.0. The Morgan fingerprint density at radius 3 is 2.69 bits per heavy atom. The molecule has 1 aliphatic carbocycles. The van der Waals surface area contributed by atoms with Crippen LogP contribution in [0.2, 0.25) is 0 Å². The van der Waals surface area contributed by atoms with Gasteiger partial charge >= 0.3 is 6.09 Å². The molecule has 2 amide bonds. The molecular formula is C28H28FN5O5. The van der Waals surface area contributed by atoms with E-state index in [0.717, 1.165) is 0 Å². The van der Waals surface area contributed by atoms with Crippen LogP contribution < -0.4 is 5.32 Å². The Kier molecular flexibility index (Phi) is 5.81. The van der Waals surface area contributed by atoms with Crippen molar-refractivity contribution >= 4 is 40.0 Å². The predicted molar refractivity (Wildman–Crippen MR) is 142 cm³/mol. The first-order valence-electron chi connectivity index (χ1n) is 12.8. The van der Waals surface area contributed by atoms with Gasteiger partial charge in [0, 0.05) is 47.4 Å². The van der Waals surface area contributed by atoms with Crippen LogP contribution in [0.1, 0.15) is 31.9 Å². The zero-order valence-electron chi connectivity index (χ0n) is 21.7. The quantitative estimate of drug-likeness (QED) is 0.429. The van der Waals surface area contributed by atoms with Gasteiger partial charge in [0.05, 0.1) is 11.3 Å². The second-order valence-electron chi connectivity index (χ2n) is 11.0. The van der Waals surface area contributed by atoms with Crippen molar-refractivity contribution in [1.82, 2.24) is 15.2 Å². The summed E-state index contributed by atoms with van der Waals surface area (Å²) in [6, 6.07) is 11.4. The molecule has 3 atom stereocenters. The number of benzene rings is 2. The SMILES string of the molecule is CC(C)(C)OC(=O)NC1[C@H]2CN(C(=O)CON=C3C(c4c(O)[nH]c5ccc(F)cc45)=Nc4ccccc43)C[C@@H]12. The molecule has 2 fully saturated rings. The van der Waals surface area contributed by atoms with Crippen LogP contribution in [0.25, 0.3) is 10.9 Å². The van der Waals surface area contributed by atoms with Crippen molar-refractivity contribution in [3.8, 4) is 5.88 Å². The number of nitrogens with zero attached hydrogens (tertiary/aromatic N) is 3. The highest BCUT2D eigenvalue weighted by Gasteiger charge is 2.57. The minimum absolute atomic E-state index is 0.00695. The van der Waals surface area contributed by atoms with Crippen molar-refractivity contribution in [3.63, 3.8) is 0 Å². The van der Waals surface area contributed by atoms with Crippen molar-refractivity contribution in [2.75, 3.05) is 19.7 Å². The number of aromatic hydroxyl groups is 1. The molecule has 202 valence electrons. The summed E-state index contributed by atoms with van der Waals surface area (Å²) < 4.78 is 19.4. The van der Waals surface area contributed by atoms with E-state index in [-0.39, 0.29) is 36.3 Å². The third-order valence-electron chi connectivity index (χ3n) is 7.17. The van der Waals surface area contributed by atoms with Gasteiger partial charge in [-0.15, -0.1) is 0 Å². The van der Waals surface area contributed by atoms with Crippen LogP contribution in [-0.2, 0) is 14.4 Å². The minimum atomic E-state index is -0.567. The van der Waals surface area contributed by atoms with Gasteiger partial charge in [0.15, 0.2) is 12.5 Å². The monoisotopic (exact) mass is 533 g/mol. The molecule has 0 bridgehead atoms. The molecule has 0 radical (unpaired) electrons. The Morgan fingerprint density at radius 1 is 1.21 bits per heavy atom. The number of aromatic amines is 1. The summed E-state index contributed by atoms with van der Waals surface area (Å²) in [7, 11) is 0. The molecule has 3 heterocycles. The number of alkyl carbamates (subject to hydrolysis) is 1. The van der Waals surface area contributed by atoms with Gasteiger partial charge in [-0.3, -0.25) is 4.79 Å². The minimum Gasteiger partial charge on any atom is -0.494 e. The van der Waals surface area contributed by atoms with Gasteiger partial charge in [-0.25, -0.2) is 14.2 Å². The topological polar surface area (TPSA) is 129 Å². The fraction of sp³-hybridized carbons (Fsp3) is 0.357. The Morgan fingerprint density at radius 2 is 1.95 bits per heavy atom. The van der Waals surface area contributed by atoms with Gasteiger partial charge in [-0.1, -0.05) is 23.4 Å². The van der Waals surface area contributed by atoms with Crippen molar-refractivity contribution < 1.29 is 28.7 Å². The molecule has 0 spiro atoms. The average Bonchev–Trinajstić information content (AvgIpc) is 3.22. The molecule has 11 heteroatoms. The number of H-pyrrole nitrogens is 1. The molecule has 1 saturated heterocycles. The summed E-state index contributed by atoms with van der Waals surface area (Å²) in [6.07, 6.45) is -0.447. The Balaban J connectivity index is 1.13. The lowest BCUT2D eigenvalue weighted by Crippen LogP contribution is -2.40. The van der Waals surface area contributed by atoms with Crippen molar-refractivity contribution in [1.29, 1.82) is 0 Å². The van der Waals surface area contributed by atoms with E-state index in [9.17, 15) is 19.1 Å². The van der Waals surface area contributed by atoms with E-state index in [1.165, 1.54) is 18.2 Å². The number of amides is 2. The normalized spacial score (nSPS) is 22.5. The summed E-state index contributed by atoms with van der Waals surface area (Å²) >= 11 is 0. The third kappa shape index (κ3) is 4.68. The number of fused-ring (bicyclic) bond motifs is 3. The van der Waals surface area contributed by atoms with Crippen LogP contribution in [0.5, 0.6) is 5.88 Å². The Hall–Kier alpha value is -4.41. The lowest BCUT2D eigenvalue weighted by atomic mass is 10.0. The van der Waals surface area contributed by atoms with E-state index in [2.05, 4.69) is 20.4 Å². The number of likely N-dealkylation sites (tertiary alicyclic amines) is 1. The second-order valence-corrected chi connectivity index (χ2v) is 11.0. The van der Waals surface area contributed by atoms with Gasteiger partial charge in [0.2, 0.25) is 0 Å². The lowest BCUT2D eigenvalue weighted by Gasteiger charge is -2.22. The maximum atomic E-state index is 14.0. The molecule has 6 rings (SSSR count). The van der Waals surface area contributed by atoms with Gasteiger partial charge in [0.25, 0.3) is 5.91 Å². The number of ether oxygens (including phenoxy) is 1. The molecule has 1 saturated carbocycles. The third-order valence-corrected chi connectivity index (χ3v) is 7.17. The van der Waals surface area contributed by atoms with Gasteiger partial charge < -0.3 is 29.9 Å². The number of rotatable bonds is 5. The summed E-state index contributed by atoms with van der Waals surface area (Å²) in [5.74, 6) is -0.454. The highest BCUT2D eigenvalue weighted by Crippen LogP contribution is 2.45. The van der Waals surface area contributed by atoms with Crippen LogP contribution >= 0.6 is 0 Å². The van der Waals surface area contributed by atoms with Gasteiger partial charge in [0.1, 0.15) is 22.8 Å². The van der Waals surface area contributed by atoms with E-state index >= 15 is 0 Å². The second kappa shape index (κ2) is 9.11. The molecule has 2 aromatic carbocycles. The molecule has 3 aliphatic rings. The standard InChI is InChI=1S/C28H28FN5O5/c1-28(2,3)39-27(37)32-23-17-11-34(12-18(17)23)21(35)13-38-33-24-15-6-4-5-7-19(15)30-25(24)22-16-10-14(29)8-9-20(16)31-26(22)36/h4-10,17-18,23,31,36H,11-13H2,1-3H3,(H,32,37)/t17-,18+,23?. The van der Waals surface area contributed by atoms with Crippen LogP contribution in [-0.4, -0.2) is 69.8 Å². The average molecular weight is 534 g/mol.